The summed E-state index contributed by atoms with van der Waals surface area (Å²) in [5.74, 6) is 0.602. The fourth-order valence-electron chi connectivity index (χ4n) is 2.47. The van der Waals surface area contributed by atoms with Crippen molar-refractivity contribution in [1.82, 2.24) is 19.7 Å². The Morgan fingerprint density at radius 3 is 2.92 bits per heavy atom. The van der Waals surface area contributed by atoms with Crippen molar-refractivity contribution in [3.8, 4) is 5.75 Å². The predicted octanol–water partition coefficient (Wildman–Crippen LogP) is 3.04. The van der Waals surface area contributed by atoms with Gasteiger partial charge in [-0.3, -0.25) is 9.48 Å². The number of rotatable bonds is 6. The number of hydrogen-bond acceptors (Lipinski definition) is 5. The number of nitrogens with zero attached hydrogens (tertiary/aromatic N) is 4. The summed E-state index contributed by atoms with van der Waals surface area (Å²) in [5.41, 5.74) is 2.48. The number of thiazole rings is 1. The summed E-state index contributed by atoms with van der Waals surface area (Å²) < 4.78 is 7.48. The van der Waals surface area contributed by atoms with Crippen molar-refractivity contribution in [3.05, 3.63) is 63.9 Å². The van der Waals surface area contributed by atoms with E-state index in [1.807, 2.05) is 37.7 Å². The van der Waals surface area contributed by atoms with Crippen LogP contribution in [-0.2, 0) is 20.2 Å². The van der Waals surface area contributed by atoms with Gasteiger partial charge in [0.05, 0.1) is 16.9 Å². The maximum absolute atomic E-state index is 12.6. The Bertz CT molecular complexity index is 871. The van der Waals surface area contributed by atoms with Gasteiger partial charge in [-0.05, 0) is 25.1 Å². The predicted molar refractivity (Wildman–Crippen MR) is 96.6 cm³/mol. The largest absolute Gasteiger partial charge is 0.487 e. The minimum atomic E-state index is -0.0567. The highest BCUT2D eigenvalue weighted by Crippen LogP contribution is 2.18. The van der Waals surface area contributed by atoms with Crippen LogP contribution in [0, 0.1) is 6.92 Å². The first kappa shape index (κ1) is 17.2. The van der Waals surface area contributed by atoms with Crippen LogP contribution in [0.25, 0.3) is 0 Å². The van der Waals surface area contributed by atoms with Gasteiger partial charge in [-0.15, -0.1) is 11.3 Å². The summed E-state index contributed by atoms with van der Waals surface area (Å²) >= 11 is 1.60. The Morgan fingerprint density at radius 2 is 2.24 bits per heavy atom. The topological polar surface area (TPSA) is 60.2 Å². The molecule has 0 fully saturated rings. The number of ether oxygens (including phenoxy) is 1. The van der Waals surface area contributed by atoms with Gasteiger partial charge in [0.25, 0.3) is 5.91 Å². The first-order valence-corrected chi connectivity index (χ1v) is 8.76. The van der Waals surface area contributed by atoms with Gasteiger partial charge in [0.2, 0.25) is 0 Å². The number of aromatic nitrogens is 3. The molecule has 0 saturated carbocycles. The summed E-state index contributed by atoms with van der Waals surface area (Å²) in [6, 6.07) is 7.23. The number of aryl methyl sites for hydroxylation is 2. The van der Waals surface area contributed by atoms with Gasteiger partial charge in [0.15, 0.2) is 0 Å². The number of carbonyl (C=O) groups is 1. The van der Waals surface area contributed by atoms with Gasteiger partial charge in [-0.2, -0.15) is 5.10 Å². The van der Waals surface area contributed by atoms with E-state index in [4.69, 9.17) is 4.74 Å². The summed E-state index contributed by atoms with van der Waals surface area (Å²) in [5, 5.41) is 7.12. The minimum absolute atomic E-state index is 0.0567. The Kier molecular flexibility index (Phi) is 5.14. The number of benzene rings is 1. The van der Waals surface area contributed by atoms with Crippen molar-refractivity contribution >= 4 is 17.2 Å². The van der Waals surface area contributed by atoms with Crippen LogP contribution in [0.3, 0.4) is 0 Å². The molecule has 0 bridgehead atoms. The zero-order chi connectivity index (χ0) is 17.8. The smallest absolute Gasteiger partial charge is 0.254 e. The van der Waals surface area contributed by atoms with E-state index in [0.29, 0.717) is 24.5 Å². The van der Waals surface area contributed by atoms with E-state index in [1.54, 1.807) is 46.3 Å². The monoisotopic (exact) mass is 356 g/mol. The molecule has 0 unspecified atom stereocenters. The Balaban J connectivity index is 1.64. The lowest BCUT2D eigenvalue weighted by Gasteiger charge is -2.16. The molecule has 25 heavy (non-hydrogen) atoms. The summed E-state index contributed by atoms with van der Waals surface area (Å²) in [6.45, 7) is 2.87. The molecule has 130 valence electrons. The van der Waals surface area contributed by atoms with Gasteiger partial charge in [-0.1, -0.05) is 6.07 Å². The molecule has 0 aliphatic rings. The molecule has 0 aliphatic heterocycles. The van der Waals surface area contributed by atoms with Crippen molar-refractivity contribution in [3.63, 3.8) is 0 Å². The number of hydrogen-bond donors (Lipinski definition) is 0. The standard InChI is InChI=1S/C18H20N4O2S/c1-13-20-16(12-25-13)11-24-17-6-4-5-15(7-17)18(23)21(2)9-14-8-19-22(3)10-14/h4-8,10,12H,9,11H2,1-3H3. The van der Waals surface area contributed by atoms with Crippen molar-refractivity contribution in [2.24, 2.45) is 7.05 Å². The Hall–Kier alpha value is -2.67. The molecule has 3 aromatic rings. The van der Waals surface area contributed by atoms with Crippen LogP contribution < -0.4 is 4.74 Å². The first-order valence-electron chi connectivity index (χ1n) is 7.88. The maximum Gasteiger partial charge on any atom is 0.254 e. The quantitative estimate of drug-likeness (QED) is 0.681. The second kappa shape index (κ2) is 7.48. The van der Waals surface area contributed by atoms with Gasteiger partial charge in [0.1, 0.15) is 12.4 Å². The van der Waals surface area contributed by atoms with Gasteiger partial charge >= 0.3 is 0 Å². The third-order valence-electron chi connectivity index (χ3n) is 3.66. The lowest BCUT2D eigenvalue weighted by atomic mass is 10.2. The van der Waals surface area contributed by atoms with Gasteiger partial charge < -0.3 is 9.64 Å². The lowest BCUT2D eigenvalue weighted by Crippen LogP contribution is -2.26. The van der Waals surface area contributed by atoms with Crippen LogP contribution in [0.1, 0.15) is 26.6 Å². The normalized spacial score (nSPS) is 10.7. The third-order valence-corrected chi connectivity index (χ3v) is 4.48. The van der Waals surface area contributed by atoms with Crippen molar-refractivity contribution in [2.75, 3.05) is 7.05 Å². The van der Waals surface area contributed by atoms with Gasteiger partial charge in [-0.25, -0.2) is 4.98 Å². The van der Waals surface area contributed by atoms with E-state index in [0.717, 1.165) is 16.3 Å². The molecule has 2 aromatic heterocycles. The molecule has 0 saturated heterocycles. The molecule has 1 aromatic carbocycles. The summed E-state index contributed by atoms with van der Waals surface area (Å²) in [7, 11) is 3.64. The van der Waals surface area contributed by atoms with E-state index >= 15 is 0 Å². The molecule has 2 heterocycles. The fourth-order valence-corrected chi connectivity index (χ4v) is 3.07. The van der Waals surface area contributed by atoms with Gasteiger partial charge in [0, 0.05) is 43.3 Å². The molecule has 6 nitrogen and oxygen atoms in total. The molecule has 3 rings (SSSR count). The molecule has 0 radical (unpaired) electrons. The summed E-state index contributed by atoms with van der Waals surface area (Å²) in [6.07, 6.45) is 3.66. The van der Waals surface area contributed by atoms with Crippen LogP contribution in [0.5, 0.6) is 5.75 Å². The molecule has 0 N–H and O–H groups in total. The number of amides is 1. The molecule has 0 atom stereocenters. The van der Waals surface area contributed by atoms with Crippen LogP contribution >= 0.6 is 11.3 Å². The van der Waals surface area contributed by atoms with Crippen molar-refractivity contribution in [1.29, 1.82) is 0 Å². The number of carbonyl (C=O) groups excluding carboxylic acids is 1. The molecule has 0 aliphatic carbocycles. The fraction of sp³-hybridized carbons (Fsp3) is 0.278. The zero-order valence-corrected chi connectivity index (χ0v) is 15.3. The highest BCUT2D eigenvalue weighted by molar-refractivity contribution is 7.09. The lowest BCUT2D eigenvalue weighted by molar-refractivity contribution is 0.0784. The molecule has 1 amide bonds. The SMILES string of the molecule is Cc1nc(COc2cccc(C(=O)N(C)Cc3cnn(C)c3)c2)cs1. The summed E-state index contributed by atoms with van der Waals surface area (Å²) in [4.78, 5) is 18.7. The zero-order valence-electron chi connectivity index (χ0n) is 14.5. The van der Waals surface area contributed by atoms with E-state index in [2.05, 4.69) is 10.1 Å². The van der Waals surface area contributed by atoms with Crippen LogP contribution in [-0.4, -0.2) is 32.6 Å². The van der Waals surface area contributed by atoms with Crippen LogP contribution in [0.15, 0.2) is 42.0 Å². The minimum Gasteiger partial charge on any atom is -0.487 e. The van der Waals surface area contributed by atoms with E-state index in [1.165, 1.54) is 0 Å². The second-order valence-corrected chi connectivity index (χ2v) is 6.92. The highest BCUT2D eigenvalue weighted by Gasteiger charge is 2.13. The average Bonchev–Trinajstić information content (AvgIpc) is 3.20. The molecule has 7 heteroatoms. The van der Waals surface area contributed by atoms with E-state index in [9.17, 15) is 4.79 Å². The highest BCUT2D eigenvalue weighted by atomic mass is 32.1. The molecule has 0 spiro atoms. The third kappa shape index (κ3) is 4.45. The van der Waals surface area contributed by atoms with Crippen molar-refractivity contribution in [2.45, 2.75) is 20.1 Å². The molecular weight excluding hydrogens is 336 g/mol. The molecular formula is C18H20N4O2S. The Labute approximate surface area is 150 Å². The maximum atomic E-state index is 12.6. The van der Waals surface area contributed by atoms with Crippen LogP contribution in [0.4, 0.5) is 0 Å². The average molecular weight is 356 g/mol. The van der Waals surface area contributed by atoms with Crippen LogP contribution in [0.2, 0.25) is 0 Å². The van der Waals surface area contributed by atoms with Crippen molar-refractivity contribution < 1.29 is 9.53 Å². The van der Waals surface area contributed by atoms with E-state index in [-0.39, 0.29) is 5.91 Å². The Morgan fingerprint density at radius 1 is 1.40 bits per heavy atom. The first-order chi connectivity index (χ1) is 12.0. The van der Waals surface area contributed by atoms with E-state index < -0.39 is 0 Å². The second-order valence-electron chi connectivity index (χ2n) is 5.86.